The van der Waals surface area contributed by atoms with Crippen LogP contribution < -0.4 is 14.2 Å². The molecule has 0 heterocycles. The molecule has 1 fully saturated rings. The Hall–Kier alpha value is -3.86. The third kappa shape index (κ3) is 6.90. The monoisotopic (exact) mass is 554 g/mol. The van der Waals surface area contributed by atoms with E-state index in [1.165, 1.54) is 23.6 Å². The van der Waals surface area contributed by atoms with Crippen molar-refractivity contribution in [3.63, 3.8) is 0 Å². The van der Waals surface area contributed by atoms with Crippen molar-refractivity contribution < 1.29 is 23.8 Å². The quantitative estimate of drug-likeness (QED) is 0.151. The van der Waals surface area contributed by atoms with Crippen molar-refractivity contribution in [2.45, 2.75) is 78.6 Å². The highest BCUT2D eigenvalue weighted by Gasteiger charge is 2.36. The largest absolute Gasteiger partial charge is 0.497 e. The summed E-state index contributed by atoms with van der Waals surface area (Å²) >= 11 is 0. The van der Waals surface area contributed by atoms with Crippen molar-refractivity contribution in [3.05, 3.63) is 94.6 Å². The highest BCUT2D eigenvalue weighted by Crippen LogP contribution is 2.46. The highest BCUT2D eigenvalue weighted by atomic mass is 16.5. The van der Waals surface area contributed by atoms with Gasteiger partial charge >= 0.3 is 11.9 Å². The summed E-state index contributed by atoms with van der Waals surface area (Å²) in [5.41, 5.74) is 4.55. The summed E-state index contributed by atoms with van der Waals surface area (Å²) < 4.78 is 16.7. The topological polar surface area (TPSA) is 61.8 Å². The number of carbonyl (C=O) groups excluding carboxylic acids is 2. The first kappa shape index (κ1) is 30.1. The molecule has 0 amide bonds. The predicted octanol–water partition coefficient (Wildman–Crippen LogP) is 8.52. The molecule has 1 saturated carbocycles. The van der Waals surface area contributed by atoms with Crippen LogP contribution in [0.4, 0.5) is 0 Å². The van der Waals surface area contributed by atoms with Crippen LogP contribution in [0.3, 0.4) is 0 Å². The number of benzene rings is 3. The Kier molecular flexibility index (Phi) is 9.37. The second-order valence-electron chi connectivity index (χ2n) is 11.8. The molecule has 0 N–H and O–H groups in total. The average Bonchev–Trinajstić information content (AvgIpc) is 2.98. The van der Waals surface area contributed by atoms with Gasteiger partial charge < -0.3 is 14.2 Å². The standard InChI is InChI=1S/C36H42O5/c1-7-35(4,5)34(38)41-32-19-15-29(24-26(32)3)36(21-9-8-10-22-36)28-14-18-31(25(2)23-28)40-33(37)20-13-27-11-16-30(39-6)17-12-27/h11-20,23-24H,7-10,21-22H2,1-6H3/b20-13+. The van der Waals surface area contributed by atoms with Crippen LogP contribution >= 0.6 is 0 Å². The first-order valence-corrected chi connectivity index (χ1v) is 14.6. The van der Waals surface area contributed by atoms with E-state index in [1.807, 2.05) is 71.0 Å². The number of methoxy groups -OCH3 is 1. The van der Waals surface area contributed by atoms with Crippen LogP contribution in [-0.4, -0.2) is 19.0 Å². The molecule has 3 aromatic carbocycles. The van der Waals surface area contributed by atoms with E-state index in [1.54, 1.807) is 13.2 Å². The van der Waals surface area contributed by atoms with Crippen molar-refractivity contribution in [1.29, 1.82) is 0 Å². The summed E-state index contributed by atoms with van der Waals surface area (Å²) in [5, 5.41) is 0. The van der Waals surface area contributed by atoms with Crippen LogP contribution in [0.5, 0.6) is 17.2 Å². The summed E-state index contributed by atoms with van der Waals surface area (Å²) in [7, 11) is 1.62. The number of hydrogen-bond acceptors (Lipinski definition) is 5. The first-order chi connectivity index (χ1) is 19.6. The zero-order valence-corrected chi connectivity index (χ0v) is 25.2. The third-order valence-corrected chi connectivity index (χ3v) is 8.54. The Labute approximate surface area is 244 Å². The van der Waals surface area contributed by atoms with Gasteiger partial charge in [0.05, 0.1) is 12.5 Å². The van der Waals surface area contributed by atoms with Crippen LogP contribution in [0.1, 0.15) is 87.1 Å². The predicted molar refractivity (Wildman–Crippen MR) is 164 cm³/mol. The van der Waals surface area contributed by atoms with E-state index in [0.717, 1.165) is 54.5 Å². The maximum atomic E-state index is 12.7. The molecule has 0 atom stereocenters. The summed E-state index contributed by atoms with van der Waals surface area (Å²) in [6, 6.07) is 19.9. The molecule has 0 radical (unpaired) electrons. The van der Waals surface area contributed by atoms with Crippen molar-refractivity contribution in [2.24, 2.45) is 5.41 Å². The smallest absolute Gasteiger partial charge is 0.336 e. The zero-order valence-electron chi connectivity index (χ0n) is 25.2. The SMILES string of the molecule is CCC(C)(C)C(=O)Oc1ccc(C2(c3ccc(OC(=O)/C=C/c4ccc(OC)cc4)c(C)c3)CCCCC2)cc1C. The van der Waals surface area contributed by atoms with Gasteiger partial charge in [0.15, 0.2) is 0 Å². The van der Waals surface area contributed by atoms with Crippen molar-refractivity contribution in [3.8, 4) is 17.2 Å². The second kappa shape index (κ2) is 12.8. The summed E-state index contributed by atoms with van der Waals surface area (Å²) in [6.07, 6.45) is 9.48. The van der Waals surface area contributed by atoms with Crippen molar-refractivity contribution in [1.82, 2.24) is 0 Å². The van der Waals surface area contributed by atoms with Gasteiger partial charge in [-0.15, -0.1) is 0 Å². The molecule has 3 aromatic rings. The van der Waals surface area contributed by atoms with Gasteiger partial charge in [0.2, 0.25) is 0 Å². The molecule has 0 bridgehead atoms. The van der Waals surface area contributed by atoms with Crippen molar-refractivity contribution in [2.75, 3.05) is 7.11 Å². The molecule has 0 unspecified atom stereocenters. The molecule has 41 heavy (non-hydrogen) atoms. The molecule has 5 nitrogen and oxygen atoms in total. The van der Waals surface area contributed by atoms with Gasteiger partial charge in [0, 0.05) is 11.5 Å². The Morgan fingerprint density at radius 2 is 1.39 bits per heavy atom. The molecular weight excluding hydrogens is 512 g/mol. The fraction of sp³-hybridized carbons (Fsp3) is 0.389. The molecule has 0 aromatic heterocycles. The molecule has 0 aliphatic heterocycles. The van der Waals surface area contributed by atoms with E-state index in [2.05, 4.69) is 24.3 Å². The lowest BCUT2D eigenvalue weighted by Gasteiger charge is -2.39. The first-order valence-electron chi connectivity index (χ1n) is 14.6. The molecule has 1 aliphatic rings. The molecule has 0 saturated heterocycles. The Morgan fingerprint density at radius 3 is 1.90 bits per heavy atom. The van der Waals surface area contributed by atoms with Crippen LogP contribution in [0.15, 0.2) is 66.7 Å². The van der Waals surface area contributed by atoms with Gasteiger partial charge in [-0.05, 0) is 105 Å². The summed E-state index contributed by atoms with van der Waals surface area (Å²) in [6.45, 7) is 9.82. The summed E-state index contributed by atoms with van der Waals surface area (Å²) in [4.78, 5) is 25.3. The Balaban J connectivity index is 1.55. The molecule has 5 heteroatoms. The minimum Gasteiger partial charge on any atom is -0.497 e. The molecule has 4 rings (SSSR count). The zero-order chi connectivity index (χ0) is 29.6. The lowest BCUT2D eigenvalue weighted by Crippen LogP contribution is -2.31. The van der Waals surface area contributed by atoms with E-state index >= 15 is 0 Å². The van der Waals surface area contributed by atoms with Crippen LogP contribution in [0.2, 0.25) is 0 Å². The van der Waals surface area contributed by atoms with E-state index in [4.69, 9.17) is 14.2 Å². The minimum absolute atomic E-state index is 0.143. The lowest BCUT2D eigenvalue weighted by molar-refractivity contribution is -0.144. The number of carbonyl (C=O) groups is 2. The molecular formula is C36H42O5. The van der Waals surface area contributed by atoms with Gasteiger partial charge in [-0.2, -0.15) is 0 Å². The van der Waals surface area contributed by atoms with Gasteiger partial charge in [-0.1, -0.05) is 62.6 Å². The highest BCUT2D eigenvalue weighted by molar-refractivity contribution is 5.89. The van der Waals surface area contributed by atoms with Crippen molar-refractivity contribution >= 4 is 18.0 Å². The molecule has 1 aliphatic carbocycles. The maximum Gasteiger partial charge on any atom is 0.336 e. The lowest BCUT2D eigenvalue weighted by atomic mass is 9.65. The van der Waals surface area contributed by atoms with Gasteiger partial charge in [-0.25, -0.2) is 4.79 Å². The van der Waals surface area contributed by atoms with Crippen LogP contribution in [-0.2, 0) is 15.0 Å². The Morgan fingerprint density at radius 1 is 0.829 bits per heavy atom. The molecule has 216 valence electrons. The fourth-order valence-corrected chi connectivity index (χ4v) is 5.43. The minimum atomic E-state index is -0.524. The van der Waals surface area contributed by atoms with Gasteiger partial charge in [0.1, 0.15) is 17.2 Å². The second-order valence-corrected chi connectivity index (χ2v) is 11.8. The van der Waals surface area contributed by atoms with E-state index in [9.17, 15) is 9.59 Å². The third-order valence-electron chi connectivity index (χ3n) is 8.54. The van der Waals surface area contributed by atoms with E-state index in [0.29, 0.717) is 11.5 Å². The fourth-order valence-electron chi connectivity index (χ4n) is 5.43. The van der Waals surface area contributed by atoms with E-state index < -0.39 is 11.4 Å². The van der Waals surface area contributed by atoms with Gasteiger partial charge in [-0.3, -0.25) is 4.79 Å². The van der Waals surface area contributed by atoms with Crippen LogP contribution in [0.25, 0.3) is 6.08 Å². The van der Waals surface area contributed by atoms with Gasteiger partial charge in [0.25, 0.3) is 0 Å². The number of esters is 2. The van der Waals surface area contributed by atoms with Crippen LogP contribution in [0, 0.1) is 19.3 Å². The number of rotatable bonds is 9. The number of hydrogen-bond donors (Lipinski definition) is 0. The van der Waals surface area contributed by atoms with E-state index in [-0.39, 0.29) is 11.4 Å². The normalized spacial score (nSPS) is 15.0. The average molecular weight is 555 g/mol. The number of ether oxygens (including phenoxy) is 3. The number of aryl methyl sites for hydroxylation is 2. The maximum absolute atomic E-state index is 12.7. The molecule has 0 spiro atoms. The Bertz CT molecular complexity index is 1410. The summed E-state index contributed by atoms with van der Waals surface area (Å²) in [5.74, 6) is 1.31.